The molecule has 0 bridgehead atoms. The summed E-state index contributed by atoms with van der Waals surface area (Å²) in [7, 11) is -4.04. The zero-order valence-corrected chi connectivity index (χ0v) is 17.8. The topological polar surface area (TPSA) is 72.7 Å². The van der Waals surface area contributed by atoms with Gasteiger partial charge in [-0.1, -0.05) is 12.1 Å². The number of imidazole rings is 1. The summed E-state index contributed by atoms with van der Waals surface area (Å²) in [5.74, 6) is -0.503. The number of benzene rings is 2. The first kappa shape index (κ1) is 21.7. The minimum Gasteiger partial charge on any atom is -0.406 e. The third-order valence-corrected chi connectivity index (χ3v) is 6.14. The van der Waals surface area contributed by atoms with Crippen molar-refractivity contribution in [1.29, 1.82) is 0 Å². The highest BCUT2D eigenvalue weighted by atomic mass is 32.2. The molecule has 6 nitrogen and oxygen atoms in total. The fraction of sp³-hybridized carbons (Fsp3) is 0.136. The van der Waals surface area contributed by atoms with Crippen LogP contribution in [-0.4, -0.2) is 24.2 Å². The van der Waals surface area contributed by atoms with E-state index < -0.39 is 22.1 Å². The van der Waals surface area contributed by atoms with Crippen molar-refractivity contribution in [3.05, 3.63) is 78.1 Å². The van der Waals surface area contributed by atoms with Crippen LogP contribution in [0.15, 0.2) is 71.9 Å². The number of pyridine rings is 1. The van der Waals surface area contributed by atoms with Crippen LogP contribution in [0.3, 0.4) is 0 Å². The number of aromatic nitrogens is 2. The van der Waals surface area contributed by atoms with Gasteiger partial charge < -0.3 is 9.14 Å². The van der Waals surface area contributed by atoms with Gasteiger partial charge in [-0.15, -0.1) is 13.2 Å². The minimum atomic E-state index is -4.85. The first-order valence-electron chi connectivity index (χ1n) is 9.45. The van der Waals surface area contributed by atoms with E-state index in [9.17, 15) is 21.6 Å². The maximum absolute atomic E-state index is 12.8. The van der Waals surface area contributed by atoms with Crippen LogP contribution < -0.4 is 9.46 Å². The van der Waals surface area contributed by atoms with Crippen molar-refractivity contribution in [2.24, 2.45) is 0 Å². The highest BCUT2D eigenvalue weighted by molar-refractivity contribution is 7.92. The highest BCUT2D eigenvalue weighted by Crippen LogP contribution is 2.28. The van der Waals surface area contributed by atoms with Crippen molar-refractivity contribution < 1.29 is 26.3 Å². The number of sulfonamides is 1. The molecule has 0 aliphatic rings. The average molecular weight is 461 g/mol. The number of anilines is 1. The van der Waals surface area contributed by atoms with Crippen LogP contribution in [0, 0.1) is 13.8 Å². The Morgan fingerprint density at radius 2 is 1.72 bits per heavy atom. The number of halogens is 3. The van der Waals surface area contributed by atoms with E-state index in [2.05, 4.69) is 14.4 Å². The van der Waals surface area contributed by atoms with E-state index in [4.69, 9.17) is 0 Å². The van der Waals surface area contributed by atoms with E-state index in [0.717, 1.165) is 35.5 Å². The number of nitrogens with one attached hydrogen (secondary N) is 1. The van der Waals surface area contributed by atoms with Crippen molar-refractivity contribution in [3.63, 3.8) is 0 Å². The molecule has 0 aliphatic heterocycles. The summed E-state index contributed by atoms with van der Waals surface area (Å²) in [6.07, 6.45) is -1.12. The fourth-order valence-corrected chi connectivity index (χ4v) is 4.26. The molecule has 4 rings (SSSR count). The molecule has 4 aromatic rings. The lowest BCUT2D eigenvalue weighted by molar-refractivity contribution is -0.274. The van der Waals surface area contributed by atoms with Crippen LogP contribution >= 0.6 is 0 Å². The predicted molar refractivity (Wildman–Crippen MR) is 114 cm³/mol. The van der Waals surface area contributed by atoms with Gasteiger partial charge in [-0.2, -0.15) is 0 Å². The van der Waals surface area contributed by atoms with Crippen LogP contribution in [0.5, 0.6) is 5.75 Å². The van der Waals surface area contributed by atoms with Crippen molar-refractivity contribution in [2.75, 3.05) is 4.72 Å². The SMILES string of the molecule is Cc1ccn2cc(-c3ccc(C)c(NS(=O)(=O)c4ccc(OC(F)(F)F)cc4)c3)nc2c1. The molecule has 2 aromatic carbocycles. The average Bonchev–Trinajstić information content (AvgIpc) is 3.12. The Morgan fingerprint density at radius 3 is 2.41 bits per heavy atom. The second-order valence-electron chi connectivity index (χ2n) is 7.25. The summed E-state index contributed by atoms with van der Waals surface area (Å²) in [6, 6.07) is 13.2. The molecule has 0 unspecified atom stereocenters. The Morgan fingerprint density at radius 1 is 1.00 bits per heavy atom. The summed E-state index contributed by atoms with van der Waals surface area (Å²) in [5, 5.41) is 0. The monoisotopic (exact) mass is 461 g/mol. The zero-order valence-electron chi connectivity index (χ0n) is 17.0. The Kier molecular flexibility index (Phi) is 5.33. The first-order chi connectivity index (χ1) is 15.0. The van der Waals surface area contributed by atoms with Gasteiger partial charge in [0.25, 0.3) is 10.0 Å². The molecule has 0 saturated carbocycles. The van der Waals surface area contributed by atoms with Crippen LogP contribution in [0.4, 0.5) is 18.9 Å². The van der Waals surface area contributed by atoms with Gasteiger partial charge in [0.1, 0.15) is 11.4 Å². The molecule has 0 spiro atoms. The smallest absolute Gasteiger partial charge is 0.406 e. The largest absolute Gasteiger partial charge is 0.573 e. The summed E-state index contributed by atoms with van der Waals surface area (Å²) >= 11 is 0. The number of aryl methyl sites for hydroxylation is 2. The third kappa shape index (κ3) is 4.70. The van der Waals surface area contributed by atoms with Gasteiger partial charge in [0.2, 0.25) is 0 Å². The minimum absolute atomic E-state index is 0.194. The number of fused-ring (bicyclic) bond motifs is 1. The van der Waals surface area contributed by atoms with Gasteiger partial charge in [0.15, 0.2) is 0 Å². The lowest BCUT2D eigenvalue weighted by Gasteiger charge is -2.13. The Labute approximate surface area is 182 Å². The van der Waals surface area contributed by atoms with Gasteiger partial charge in [-0.05, 0) is 67.4 Å². The molecule has 0 fully saturated rings. The Bertz CT molecular complexity index is 1400. The fourth-order valence-electron chi connectivity index (χ4n) is 3.14. The maximum atomic E-state index is 12.8. The quantitative estimate of drug-likeness (QED) is 0.437. The van der Waals surface area contributed by atoms with E-state index in [0.29, 0.717) is 22.5 Å². The van der Waals surface area contributed by atoms with Crippen molar-refractivity contribution in [2.45, 2.75) is 25.1 Å². The molecule has 0 radical (unpaired) electrons. The Hall–Kier alpha value is -3.53. The number of alkyl halides is 3. The van der Waals surface area contributed by atoms with Gasteiger partial charge in [0, 0.05) is 18.0 Å². The van der Waals surface area contributed by atoms with Gasteiger partial charge in [-0.25, -0.2) is 13.4 Å². The number of rotatable bonds is 5. The normalized spacial score (nSPS) is 12.2. The number of ether oxygens (including phenoxy) is 1. The van der Waals surface area contributed by atoms with Crippen molar-refractivity contribution in [1.82, 2.24) is 9.38 Å². The van der Waals surface area contributed by atoms with E-state index >= 15 is 0 Å². The first-order valence-corrected chi connectivity index (χ1v) is 10.9. The van der Waals surface area contributed by atoms with E-state index in [1.165, 1.54) is 0 Å². The number of hydrogen-bond donors (Lipinski definition) is 1. The predicted octanol–water partition coefficient (Wildman–Crippen LogP) is 5.32. The highest BCUT2D eigenvalue weighted by Gasteiger charge is 2.31. The molecule has 0 amide bonds. The molecule has 0 aliphatic carbocycles. The zero-order chi connectivity index (χ0) is 23.1. The van der Waals surface area contributed by atoms with Crippen molar-refractivity contribution in [3.8, 4) is 17.0 Å². The molecule has 0 saturated heterocycles. The van der Waals surface area contributed by atoms with Crippen LogP contribution in [0.2, 0.25) is 0 Å². The molecule has 166 valence electrons. The number of nitrogens with zero attached hydrogens (tertiary/aromatic N) is 2. The standard InChI is InChI=1S/C22H18F3N3O3S/c1-14-9-10-28-13-20(26-21(28)11-14)16-4-3-15(2)19(12-16)27-32(29,30)18-7-5-17(6-8-18)31-22(23,24)25/h3-13,27H,1-2H3. The van der Waals surface area contributed by atoms with E-state index in [1.807, 2.05) is 41.9 Å². The second-order valence-corrected chi connectivity index (χ2v) is 8.93. The lowest BCUT2D eigenvalue weighted by atomic mass is 10.1. The molecule has 0 atom stereocenters. The van der Waals surface area contributed by atoms with Crippen LogP contribution in [0.25, 0.3) is 16.9 Å². The second kappa shape index (κ2) is 7.86. The molecular weight excluding hydrogens is 443 g/mol. The van der Waals surface area contributed by atoms with Crippen molar-refractivity contribution >= 4 is 21.4 Å². The summed E-state index contributed by atoms with van der Waals surface area (Å²) < 4.78 is 70.7. The van der Waals surface area contributed by atoms with Gasteiger partial charge in [-0.3, -0.25) is 4.72 Å². The molecule has 10 heteroatoms. The molecule has 2 aromatic heterocycles. The van der Waals surface area contributed by atoms with Gasteiger partial charge >= 0.3 is 6.36 Å². The molecule has 2 heterocycles. The molecular formula is C22H18F3N3O3S. The molecule has 1 N–H and O–H groups in total. The van der Waals surface area contributed by atoms with Crippen LogP contribution in [0.1, 0.15) is 11.1 Å². The summed E-state index contributed by atoms with van der Waals surface area (Å²) in [6.45, 7) is 3.71. The van der Waals surface area contributed by atoms with Gasteiger partial charge in [0.05, 0.1) is 16.3 Å². The lowest BCUT2D eigenvalue weighted by Crippen LogP contribution is -2.17. The summed E-state index contributed by atoms with van der Waals surface area (Å²) in [4.78, 5) is 4.39. The number of hydrogen-bond acceptors (Lipinski definition) is 4. The maximum Gasteiger partial charge on any atom is 0.573 e. The third-order valence-electron chi connectivity index (χ3n) is 4.76. The van der Waals surface area contributed by atoms with E-state index in [1.54, 1.807) is 19.1 Å². The Balaban J connectivity index is 1.62. The van der Waals surface area contributed by atoms with E-state index in [-0.39, 0.29) is 4.90 Å². The summed E-state index contributed by atoms with van der Waals surface area (Å²) in [5.41, 5.74) is 4.23. The molecule has 32 heavy (non-hydrogen) atoms. The van der Waals surface area contributed by atoms with Crippen LogP contribution in [-0.2, 0) is 10.0 Å².